The summed E-state index contributed by atoms with van der Waals surface area (Å²) in [5, 5.41) is 17.8. The van der Waals surface area contributed by atoms with E-state index in [1.807, 2.05) is 34.6 Å². The predicted octanol–water partition coefficient (Wildman–Crippen LogP) is 4.01. The van der Waals surface area contributed by atoms with Gasteiger partial charge in [0.1, 0.15) is 17.7 Å². The molecule has 4 atom stereocenters. The van der Waals surface area contributed by atoms with Gasteiger partial charge in [0.15, 0.2) is 0 Å². The Hall–Kier alpha value is -2.82. The number of amides is 2. The number of aromatic nitrogens is 1. The number of rotatable bonds is 7. The molecule has 0 radical (unpaired) electrons. The third kappa shape index (κ3) is 5.45. The minimum absolute atomic E-state index is 0.0807. The van der Waals surface area contributed by atoms with Gasteiger partial charge in [0.25, 0.3) is 0 Å². The average molecular weight is 486 g/mol. The first-order chi connectivity index (χ1) is 16.0. The quantitative estimate of drug-likeness (QED) is 0.578. The third-order valence-electron chi connectivity index (χ3n) is 6.23. The Bertz CT molecular complexity index is 1090. The van der Waals surface area contributed by atoms with Gasteiger partial charge in [-0.25, -0.2) is 0 Å². The van der Waals surface area contributed by atoms with E-state index in [2.05, 4.69) is 16.4 Å². The zero-order chi connectivity index (χ0) is 25.2. The molecular weight excluding hydrogens is 454 g/mol. The van der Waals surface area contributed by atoms with Crippen LogP contribution in [0.1, 0.15) is 81.5 Å². The van der Waals surface area contributed by atoms with Crippen LogP contribution in [-0.2, 0) is 9.59 Å². The van der Waals surface area contributed by atoms with E-state index in [0.29, 0.717) is 21.9 Å². The first kappa shape index (κ1) is 25.8. The molecule has 1 aromatic carbocycles. The highest BCUT2D eigenvalue weighted by atomic mass is 35.5. The van der Waals surface area contributed by atoms with E-state index in [1.165, 1.54) is 4.90 Å². The number of benzene rings is 1. The Labute approximate surface area is 205 Å². The molecule has 1 saturated heterocycles. The van der Waals surface area contributed by atoms with Gasteiger partial charge in [-0.15, -0.1) is 6.42 Å². The van der Waals surface area contributed by atoms with Crippen molar-refractivity contribution in [1.82, 2.24) is 15.4 Å². The summed E-state index contributed by atoms with van der Waals surface area (Å²) in [7, 11) is 0. The summed E-state index contributed by atoms with van der Waals surface area (Å²) in [6, 6.07) is 5.80. The van der Waals surface area contributed by atoms with Crippen molar-refractivity contribution in [1.29, 1.82) is 0 Å². The Balaban J connectivity index is 1.80. The number of halogens is 1. The predicted molar refractivity (Wildman–Crippen MR) is 130 cm³/mol. The van der Waals surface area contributed by atoms with Gasteiger partial charge in [-0.1, -0.05) is 56.4 Å². The smallest absolute Gasteiger partial charge is 0.243 e. The largest absolute Gasteiger partial charge is 0.391 e. The number of carbonyl (C=O) groups excluding carboxylic acids is 2. The lowest BCUT2D eigenvalue weighted by Crippen LogP contribution is -2.48. The van der Waals surface area contributed by atoms with Gasteiger partial charge in [0, 0.05) is 29.6 Å². The van der Waals surface area contributed by atoms with Crippen molar-refractivity contribution in [2.24, 2.45) is 5.92 Å². The van der Waals surface area contributed by atoms with E-state index in [4.69, 9.17) is 22.5 Å². The van der Waals surface area contributed by atoms with Crippen LogP contribution in [0.4, 0.5) is 0 Å². The lowest BCUT2D eigenvalue weighted by atomic mass is 9.90. The lowest BCUT2D eigenvalue weighted by Gasteiger charge is -2.29. The maximum atomic E-state index is 13.6. The summed E-state index contributed by atoms with van der Waals surface area (Å²) in [4.78, 5) is 28.3. The van der Waals surface area contributed by atoms with Crippen LogP contribution in [0.2, 0.25) is 5.02 Å². The molecule has 1 aromatic heterocycles. The van der Waals surface area contributed by atoms with E-state index >= 15 is 0 Å². The molecule has 2 amide bonds. The second-order valence-corrected chi connectivity index (χ2v) is 9.94. The van der Waals surface area contributed by atoms with Crippen LogP contribution in [0.15, 0.2) is 28.8 Å². The number of terminal acetylenes is 1. The Morgan fingerprint density at radius 3 is 2.53 bits per heavy atom. The molecule has 34 heavy (non-hydrogen) atoms. The number of likely N-dealkylation sites (tertiary alicyclic amines) is 1. The van der Waals surface area contributed by atoms with Crippen LogP contribution in [0.25, 0.3) is 0 Å². The topological polar surface area (TPSA) is 95.7 Å². The van der Waals surface area contributed by atoms with E-state index in [1.54, 1.807) is 24.3 Å². The number of aliphatic hydroxyl groups is 1. The lowest BCUT2D eigenvalue weighted by molar-refractivity contribution is -0.141. The molecule has 0 bridgehead atoms. The second kappa shape index (κ2) is 10.6. The van der Waals surface area contributed by atoms with Crippen molar-refractivity contribution in [3.8, 4) is 12.3 Å². The normalized spacial score (nSPS) is 19.8. The molecule has 0 saturated carbocycles. The maximum Gasteiger partial charge on any atom is 0.243 e. The molecule has 0 aliphatic carbocycles. The molecule has 3 rings (SSSR count). The van der Waals surface area contributed by atoms with E-state index < -0.39 is 24.1 Å². The highest BCUT2D eigenvalue weighted by Gasteiger charge is 2.43. The Kier molecular flexibility index (Phi) is 8.06. The fourth-order valence-electron chi connectivity index (χ4n) is 4.30. The monoisotopic (exact) mass is 485 g/mol. The second-order valence-electron chi connectivity index (χ2n) is 9.54. The van der Waals surface area contributed by atoms with Crippen molar-refractivity contribution in [2.75, 3.05) is 6.54 Å². The SMILES string of the molecule is C#Cc1ccc([C@H](C)NC(=O)[C@@H]2C[C@@H](O)CN2C(=O)[C@@H](c2cc(C(C)C)no2)C(C)C)c(Cl)c1. The molecule has 2 aromatic rings. The van der Waals surface area contributed by atoms with Gasteiger partial charge >= 0.3 is 0 Å². The first-order valence-electron chi connectivity index (χ1n) is 11.5. The molecule has 7 nitrogen and oxygen atoms in total. The number of hydrogen-bond acceptors (Lipinski definition) is 5. The van der Waals surface area contributed by atoms with Gasteiger partial charge < -0.3 is 19.8 Å². The number of nitrogens with one attached hydrogen (secondary N) is 1. The Morgan fingerprint density at radius 2 is 1.97 bits per heavy atom. The molecule has 1 aliphatic rings. The summed E-state index contributed by atoms with van der Waals surface area (Å²) in [6.07, 6.45) is 4.79. The molecule has 2 heterocycles. The summed E-state index contributed by atoms with van der Waals surface area (Å²) < 4.78 is 5.52. The molecule has 0 spiro atoms. The summed E-state index contributed by atoms with van der Waals surface area (Å²) in [5.41, 5.74) is 2.13. The standard InChI is InChI=1S/C26H32ClN3O4/c1-7-17-8-9-19(20(27)10-17)16(6)28-25(32)22-11-18(31)13-30(22)26(33)24(15(4)5)23-12-21(14(2)3)29-34-23/h1,8-10,12,14-16,18,22,24,31H,11,13H2,2-6H3,(H,28,32)/t16-,18+,22-,24+/m0/s1. The fourth-order valence-corrected chi connectivity index (χ4v) is 4.64. The number of aliphatic hydroxyl groups excluding tert-OH is 1. The number of carbonyl (C=O) groups is 2. The molecule has 1 aliphatic heterocycles. The van der Waals surface area contributed by atoms with Crippen LogP contribution in [0.5, 0.6) is 0 Å². The van der Waals surface area contributed by atoms with Crippen LogP contribution in [0, 0.1) is 18.3 Å². The van der Waals surface area contributed by atoms with Gasteiger partial charge in [-0.05, 0) is 36.5 Å². The summed E-state index contributed by atoms with van der Waals surface area (Å²) in [5.74, 6) is 1.85. The molecule has 0 unspecified atom stereocenters. The zero-order valence-electron chi connectivity index (χ0n) is 20.2. The van der Waals surface area contributed by atoms with Crippen molar-refractivity contribution in [3.63, 3.8) is 0 Å². The zero-order valence-corrected chi connectivity index (χ0v) is 21.0. The maximum absolute atomic E-state index is 13.6. The third-order valence-corrected chi connectivity index (χ3v) is 6.56. The minimum atomic E-state index is -0.803. The van der Waals surface area contributed by atoms with Crippen LogP contribution in [0.3, 0.4) is 0 Å². The van der Waals surface area contributed by atoms with Crippen molar-refractivity contribution in [2.45, 2.75) is 71.1 Å². The van der Waals surface area contributed by atoms with Crippen LogP contribution in [-0.4, -0.2) is 45.7 Å². The van der Waals surface area contributed by atoms with Crippen molar-refractivity contribution < 1.29 is 19.2 Å². The highest BCUT2D eigenvalue weighted by molar-refractivity contribution is 6.31. The van der Waals surface area contributed by atoms with Crippen molar-refractivity contribution >= 4 is 23.4 Å². The highest BCUT2D eigenvalue weighted by Crippen LogP contribution is 2.32. The molecule has 8 heteroatoms. The van der Waals surface area contributed by atoms with Crippen LogP contribution >= 0.6 is 11.6 Å². The number of hydrogen-bond donors (Lipinski definition) is 2. The summed E-state index contributed by atoms with van der Waals surface area (Å²) in [6.45, 7) is 9.73. The Morgan fingerprint density at radius 1 is 1.26 bits per heavy atom. The summed E-state index contributed by atoms with van der Waals surface area (Å²) >= 11 is 6.35. The van der Waals surface area contributed by atoms with Gasteiger partial charge in [-0.3, -0.25) is 9.59 Å². The number of β-amino-alcohol motifs (C(OH)–C–C–N with tert-alkyl or cyclic N) is 1. The van der Waals surface area contributed by atoms with E-state index in [-0.39, 0.29) is 36.6 Å². The molecule has 2 N–H and O–H groups in total. The number of nitrogens with zero attached hydrogens (tertiary/aromatic N) is 2. The average Bonchev–Trinajstić information content (AvgIpc) is 3.40. The minimum Gasteiger partial charge on any atom is -0.391 e. The fraction of sp³-hybridized carbons (Fsp3) is 0.500. The van der Waals surface area contributed by atoms with Gasteiger partial charge in [0.2, 0.25) is 11.8 Å². The van der Waals surface area contributed by atoms with Crippen molar-refractivity contribution in [3.05, 3.63) is 51.9 Å². The molecule has 1 fully saturated rings. The van der Waals surface area contributed by atoms with E-state index in [0.717, 1.165) is 5.69 Å². The van der Waals surface area contributed by atoms with Crippen LogP contribution < -0.4 is 5.32 Å². The first-order valence-corrected chi connectivity index (χ1v) is 11.9. The molecular formula is C26H32ClN3O4. The molecule has 182 valence electrons. The van der Waals surface area contributed by atoms with Gasteiger partial charge in [-0.2, -0.15) is 0 Å². The van der Waals surface area contributed by atoms with Gasteiger partial charge in [0.05, 0.1) is 17.8 Å². The van der Waals surface area contributed by atoms with E-state index in [9.17, 15) is 14.7 Å².